The first-order valence-electron chi connectivity index (χ1n) is 8.57. The van der Waals surface area contributed by atoms with Crippen LogP contribution >= 0.6 is 0 Å². The number of hydrogen-bond donors (Lipinski definition) is 1. The van der Waals surface area contributed by atoms with Gasteiger partial charge in [-0.15, -0.1) is 0 Å². The van der Waals surface area contributed by atoms with Gasteiger partial charge in [0.15, 0.2) is 0 Å². The highest BCUT2D eigenvalue weighted by molar-refractivity contribution is 6.04. The first-order chi connectivity index (χ1) is 12.2. The van der Waals surface area contributed by atoms with E-state index in [1.54, 1.807) is 6.92 Å². The van der Waals surface area contributed by atoms with Crippen molar-refractivity contribution in [2.24, 2.45) is 0 Å². The Balaban J connectivity index is 2.07. The van der Waals surface area contributed by atoms with Gasteiger partial charge in [-0.3, -0.25) is 4.79 Å². The number of rotatable bonds is 7. The van der Waals surface area contributed by atoms with Gasteiger partial charge in [0.1, 0.15) is 11.6 Å². The number of nitrogens with one attached hydrogen (secondary N) is 1. The molecule has 1 heterocycles. The molecule has 0 radical (unpaired) electrons. The monoisotopic (exact) mass is 343 g/mol. The van der Waals surface area contributed by atoms with Crippen molar-refractivity contribution in [3.63, 3.8) is 0 Å². The molecule has 0 aliphatic carbocycles. The number of anilines is 1. The maximum absolute atomic E-state index is 12.2. The minimum Gasteiger partial charge on any atom is -0.380 e. The number of benzene rings is 1. The lowest BCUT2D eigenvalue weighted by Gasteiger charge is -2.29. The standard InChI is InChI=1S/C19H25N3O3/c1-3-24-11-8-21-19(23)18(14-20)15(2)16-4-6-17(7-5-16)22-9-12-25-13-10-22/h4-7H,3,8-13H2,1-2H3,(H,21,23)/b18-15+. The van der Waals surface area contributed by atoms with Gasteiger partial charge in [0, 0.05) is 31.9 Å². The fraction of sp³-hybridized carbons (Fsp3) is 0.474. The van der Waals surface area contributed by atoms with Crippen molar-refractivity contribution in [2.75, 3.05) is 51.0 Å². The van der Waals surface area contributed by atoms with Crippen molar-refractivity contribution in [3.05, 3.63) is 35.4 Å². The molecule has 0 spiro atoms. The molecule has 0 aromatic heterocycles. The Kier molecular flexibility index (Phi) is 7.45. The van der Waals surface area contributed by atoms with Gasteiger partial charge in [-0.25, -0.2) is 0 Å². The van der Waals surface area contributed by atoms with E-state index in [0.29, 0.717) is 25.3 Å². The molecular weight excluding hydrogens is 318 g/mol. The number of hydrogen-bond acceptors (Lipinski definition) is 5. The highest BCUT2D eigenvalue weighted by Crippen LogP contribution is 2.23. The van der Waals surface area contributed by atoms with Crippen LogP contribution in [0, 0.1) is 11.3 Å². The highest BCUT2D eigenvalue weighted by Gasteiger charge is 2.15. The lowest BCUT2D eigenvalue weighted by molar-refractivity contribution is -0.117. The van der Waals surface area contributed by atoms with Gasteiger partial charge in [0.2, 0.25) is 0 Å². The number of carbonyl (C=O) groups excluding carboxylic acids is 1. The number of nitrogens with zero attached hydrogens (tertiary/aromatic N) is 2. The van der Waals surface area contributed by atoms with E-state index in [-0.39, 0.29) is 11.5 Å². The van der Waals surface area contributed by atoms with E-state index in [1.165, 1.54) is 0 Å². The van der Waals surface area contributed by atoms with Crippen molar-refractivity contribution in [3.8, 4) is 6.07 Å². The molecule has 1 fully saturated rings. The maximum Gasteiger partial charge on any atom is 0.262 e. The number of ether oxygens (including phenoxy) is 2. The SMILES string of the molecule is CCOCCNC(=O)/C(C#N)=C(\C)c1ccc(N2CCOCC2)cc1. The topological polar surface area (TPSA) is 74.6 Å². The summed E-state index contributed by atoms with van der Waals surface area (Å²) in [7, 11) is 0. The lowest BCUT2D eigenvalue weighted by atomic mass is 10.0. The third-order valence-electron chi connectivity index (χ3n) is 4.13. The molecule has 0 bridgehead atoms. The van der Waals surface area contributed by atoms with E-state index in [4.69, 9.17) is 9.47 Å². The van der Waals surface area contributed by atoms with E-state index >= 15 is 0 Å². The summed E-state index contributed by atoms with van der Waals surface area (Å²) in [5.41, 5.74) is 2.80. The summed E-state index contributed by atoms with van der Waals surface area (Å²) in [6, 6.07) is 9.96. The fourth-order valence-electron chi connectivity index (χ4n) is 2.66. The van der Waals surface area contributed by atoms with Crippen LogP contribution in [0.1, 0.15) is 19.4 Å². The van der Waals surface area contributed by atoms with Gasteiger partial charge in [0.05, 0.1) is 19.8 Å². The average Bonchev–Trinajstić information content (AvgIpc) is 2.66. The van der Waals surface area contributed by atoms with Crippen LogP contribution in [0.5, 0.6) is 0 Å². The highest BCUT2D eigenvalue weighted by atomic mass is 16.5. The predicted molar refractivity (Wildman–Crippen MR) is 97.2 cm³/mol. The van der Waals surface area contributed by atoms with Gasteiger partial charge < -0.3 is 19.7 Å². The first kappa shape index (κ1) is 19.0. The number of amides is 1. The van der Waals surface area contributed by atoms with Crippen molar-refractivity contribution < 1.29 is 14.3 Å². The van der Waals surface area contributed by atoms with Crippen LogP contribution in [-0.2, 0) is 14.3 Å². The smallest absolute Gasteiger partial charge is 0.262 e. The fourth-order valence-corrected chi connectivity index (χ4v) is 2.66. The molecular formula is C19H25N3O3. The second kappa shape index (κ2) is 9.82. The number of nitriles is 1. The van der Waals surface area contributed by atoms with Gasteiger partial charge in [-0.05, 0) is 37.1 Å². The molecule has 1 aromatic carbocycles. The maximum atomic E-state index is 12.2. The quantitative estimate of drug-likeness (QED) is 0.465. The zero-order valence-electron chi connectivity index (χ0n) is 14.9. The lowest BCUT2D eigenvalue weighted by Crippen LogP contribution is -2.36. The largest absolute Gasteiger partial charge is 0.380 e. The molecule has 0 atom stereocenters. The Morgan fingerprint density at radius 2 is 2.00 bits per heavy atom. The molecule has 1 saturated heterocycles. The minimum absolute atomic E-state index is 0.135. The van der Waals surface area contributed by atoms with Gasteiger partial charge in [0.25, 0.3) is 5.91 Å². The molecule has 1 aliphatic heterocycles. The van der Waals surface area contributed by atoms with E-state index < -0.39 is 0 Å². The van der Waals surface area contributed by atoms with E-state index in [0.717, 1.165) is 37.6 Å². The Morgan fingerprint density at radius 3 is 2.60 bits per heavy atom. The van der Waals surface area contributed by atoms with Gasteiger partial charge >= 0.3 is 0 Å². The van der Waals surface area contributed by atoms with Crippen LogP contribution in [-0.4, -0.2) is 52.0 Å². The van der Waals surface area contributed by atoms with Crippen molar-refractivity contribution in [2.45, 2.75) is 13.8 Å². The van der Waals surface area contributed by atoms with Crippen LogP contribution < -0.4 is 10.2 Å². The molecule has 134 valence electrons. The van der Waals surface area contributed by atoms with E-state index in [1.807, 2.05) is 37.3 Å². The van der Waals surface area contributed by atoms with Crippen LogP contribution in [0.15, 0.2) is 29.8 Å². The summed E-state index contributed by atoms with van der Waals surface area (Å²) in [6.45, 7) is 8.35. The van der Waals surface area contributed by atoms with E-state index in [2.05, 4.69) is 10.2 Å². The molecule has 1 N–H and O–H groups in total. The molecule has 6 heteroatoms. The third kappa shape index (κ3) is 5.31. The Bertz CT molecular complexity index is 641. The Hall–Kier alpha value is -2.36. The van der Waals surface area contributed by atoms with Crippen molar-refractivity contribution in [1.29, 1.82) is 5.26 Å². The van der Waals surface area contributed by atoms with Crippen molar-refractivity contribution >= 4 is 17.2 Å². The summed E-state index contributed by atoms with van der Waals surface area (Å²) in [4.78, 5) is 14.5. The summed E-state index contributed by atoms with van der Waals surface area (Å²) in [6.07, 6.45) is 0. The molecule has 0 saturated carbocycles. The van der Waals surface area contributed by atoms with Crippen molar-refractivity contribution in [1.82, 2.24) is 5.32 Å². The molecule has 6 nitrogen and oxygen atoms in total. The third-order valence-corrected chi connectivity index (χ3v) is 4.13. The second-order valence-corrected chi connectivity index (χ2v) is 5.71. The average molecular weight is 343 g/mol. The summed E-state index contributed by atoms with van der Waals surface area (Å²) >= 11 is 0. The molecule has 25 heavy (non-hydrogen) atoms. The predicted octanol–water partition coefficient (Wildman–Crippen LogP) is 1.97. The van der Waals surface area contributed by atoms with Crippen LogP contribution in [0.25, 0.3) is 5.57 Å². The summed E-state index contributed by atoms with van der Waals surface area (Å²) in [5.74, 6) is -0.364. The Morgan fingerprint density at radius 1 is 1.32 bits per heavy atom. The molecule has 2 rings (SSSR count). The Labute approximate surface area is 149 Å². The summed E-state index contributed by atoms with van der Waals surface area (Å²) < 4.78 is 10.6. The van der Waals surface area contributed by atoms with E-state index in [9.17, 15) is 10.1 Å². The number of carbonyl (C=O) groups is 1. The molecule has 0 unspecified atom stereocenters. The molecule has 1 aliphatic rings. The summed E-state index contributed by atoms with van der Waals surface area (Å²) in [5, 5.41) is 12.1. The van der Waals surface area contributed by atoms with Crippen LogP contribution in [0.3, 0.4) is 0 Å². The zero-order chi connectivity index (χ0) is 18.1. The molecule has 1 aromatic rings. The van der Waals surface area contributed by atoms with Crippen LogP contribution in [0.4, 0.5) is 5.69 Å². The normalized spacial score (nSPS) is 15.3. The first-order valence-corrected chi connectivity index (χ1v) is 8.57. The van der Waals surface area contributed by atoms with Gasteiger partial charge in [-0.2, -0.15) is 5.26 Å². The number of allylic oxidation sites excluding steroid dienone is 1. The zero-order valence-corrected chi connectivity index (χ0v) is 14.9. The number of morpholine rings is 1. The van der Waals surface area contributed by atoms with Gasteiger partial charge in [-0.1, -0.05) is 12.1 Å². The molecule has 1 amide bonds. The second-order valence-electron chi connectivity index (χ2n) is 5.71. The minimum atomic E-state index is -0.364. The van der Waals surface area contributed by atoms with Crippen LogP contribution in [0.2, 0.25) is 0 Å².